The molecule has 2 aromatic carbocycles. The summed E-state index contributed by atoms with van der Waals surface area (Å²) in [5.74, 6) is -2.24. The van der Waals surface area contributed by atoms with Crippen LogP contribution in [0.15, 0.2) is 60.7 Å². The molecule has 174 valence electrons. The minimum absolute atomic E-state index is 0.281. The second-order valence-corrected chi connectivity index (χ2v) is 7.58. The second kappa shape index (κ2) is 12.3. The lowest BCUT2D eigenvalue weighted by atomic mass is 10.0. The summed E-state index contributed by atoms with van der Waals surface area (Å²) in [7, 11) is 3.42. The lowest BCUT2D eigenvalue weighted by molar-refractivity contribution is -0.180. The molecule has 32 heavy (non-hydrogen) atoms. The normalized spacial score (nSPS) is 16.8. The molecule has 0 saturated heterocycles. The molecule has 0 heterocycles. The van der Waals surface area contributed by atoms with Crippen molar-refractivity contribution in [3.63, 3.8) is 0 Å². The summed E-state index contributed by atoms with van der Waals surface area (Å²) in [6.45, 7) is 3.62. The van der Waals surface area contributed by atoms with Crippen LogP contribution in [0.3, 0.4) is 0 Å². The number of carbonyl (C=O) groups is 2. The van der Waals surface area contributed by atoms with E-state index in [2.05, 4.69) is 10.6 Å². The van der Waals surface area contributed by atoms with Gasteiger partial charge in [-0.1, -0.05) is 60.7 Å². The smallest absolute Gasteiger partial charge is 0.339 e. The standard InChI is InChI=1S/C24H32N2O6/c1-15(25-3)21(17-11-7-5-8-12-17)31-23(29)19(27)20(28)24(30)32-22(16(2)26-4)18-13-9-6-10-14-18/h5-16,19-22,25-28H,1-4H3/t15-,16-,19?,20?,21?,22?/m1/s1. The van der Waals surface area contributed by atoms with Gasteiger partial charge in [-0.05, 0) is 39.1 Å². The summed E-state index contributed by atoms with van der Waals surface area (Å²) in [5, 5.41) is 26.7. The molecule has 4 N–H and O–H groups in total. The predicted octanol–water partition coefficient (Wildman–Crippen LogP) is 1.49. The van der Waals surface area contributed by atoms with Crippen LogP contribution in [0.1, 0.15) is 37.2 Å². The summed E-state index contributed by atoms with van der Waals surface area (Å²) >= 11 is 0. The maximum atomic E-state index is 12.6. The van der Waals surface area contributed by atoms with Gasteiger partial charge in [-0.3, -0.25) is 0 Å². The van der Waals surface area contributed by atoms with Gasteiger partial charge >= 0.3 is 11.9 Å². The zero-order valence-corrected chi connectivity index (χ0v) is 18.8. The van der Waals surface area contributed by atoms with Gasteiger partial charge < -0.3 is 30.3 Å². The molecule has 2 aromatic rings. The first-order valence-electron chi connectivity index (χ1n) is 10.5. The van der Waals surface area contributed by atoms with Crippen LogP contribution in [0.2, 0.25) is 0 Å². The van der Waals surface area contributed by atoms with Crippen molar-refractivity contribution in [2.45, 2.75) is 50.3 Å². The molecule has 0 aliphatic carbocycles. The van der Waals surface area contributed by atoms with Gasteiger partial charge in [0.05, 0.1) is 0 Å². The first-order valence-corrected chi connectivity index (χ1v) is 10.5. The van der Waals surface area contributed by atoms with Crippen LogP contribution in [0.4, 0.5) is 0 Å². The van der Waals surface area contributed by atoms with Gasteiger partial charge in [0, 0.05) is 12.1 Å². The summed E-state index contributed by atoms with van der Waals surface area (Å²) in [6, 6.07) is 17.4. The highest BCUT2D eigenvalue weighted by molar-refractivity contribution is 5.85. The maximum absolute atomic E-state index is 12.6. The van der Waals surface area contributed by atoms with E-state index in [1.165, 1.54) is 0 Å². The number of aliphatic hydroxyl groups is 2. The van der Waals surface area contributed by atoms with E-state index in [0.717, 1.165) is 0 Å². The van der Waals surface area contributed by atoms with E-state index in [4.69, 9.17) is 9.47 Å². The zero-order valence-electron chi connectivity index (χ0n) is 18.8. The Balaban J connectivity index is 2.10. The Labute approximate surface area is 188 Å². The van der Waals surface area contributed by atoms with E-state index in [1.54, 1.807) is 62.6 Å². The van der Waals surface area contributed by atoms with Crippen LogP contribution in [0.5, 0.6) is 0 Å². The van der Waals surface area contributed by atoms with Gasteiger partial charge in [0.25, 0.3) is 0 Å². The molecule has 0 spiro atoms. The third-order valence-corrected chi connectivity index (χ3v) is 5.34. The summed E-state index contributed by atoms with van der Waals surface area (Å²) in [6.07, 6.45) is -5.65. The highest BCUT2D eigenvalue weighted by atomic mass is 16.6. The van der Waals surface area contributed by atoms with Crippen LogP contribution < -0.4 is 10.6 Å². The average Bonchev–Trinajstić information content (AvgIpc) is 2.84. The number of nitrogens with one attached hydrogen (secondary N) is 2. The van der Waals surface area contributed by atoms with E-state index in [0.29, 0.717) is 11.1 Å². The van der Waals surface area contributed by atoms with Crippen molar-refractivity contribution in [1.29, 1.82) is 0 Å². The van der Waals surface area contributed by atoms with Crippen molar-refractivity contribution >= 4 is 11.9 Å². The Kier molecular flexibility index (Phi) is 9.80. The monoisotopic (exact) mass is 444 g/mol. The van der Waals surface area contributed by atoms with E-state index in [-0.39, 0.29) is 12.1 Å². The number of likely N-dealkylation sites (N-methyl/N-ethyl adjacent to an activating group) is 2. The Morgan fingerprint density at radius 2 is 1.00 bits per heavy atom. The molecule has 0 aliphatic rings. The SMILES string of the molecule is CN[C@H](C)C(OC(=O)C(O)C(O)C(=O)OC(c1ccccc1)[C@@H](C)NC)c1ccccc1. The number of rotatable bonds is 11. The van der Waals surface area contributed by atoms with Gasteiger partial charge in [-0.15, -0.1) is 0 Å². The third-order valence-electron chi connectivity index (χ3n) is 5.34. The lowest BCUT2D eigenvalue weighted by Gasteiger charge is -2.28. The van der Waals surface area contributed by atoms with Crippen LogP contribution in [0, 0.1) is 0 Å². The van der Waals surface area contributed by atoms with Crippen LogP contribution in [-0.2, 0) is 19.1 Å². The first kappa shape index (κ1) is 25.5. The molecule has 6 atom stereocenters. The third kappa shape index (κ3) is 6.61. The molecule has 8 heteroatoms. The topological polar surface area (TPSA) is 117 Å². The molecule has 0 aromatic heterocycles. The zero-order chi connectivity index (χ0) is 23.7. The van der Waals surface area contributed by atoms with Gasteiger partial charge in [0.2, 0.25) is 0 Å². The van der Waals surface area contributed by atoms with Crippen molar-refractivity contribution in [2.24, 2.45) is 0 Å². The lowest BCUT2D eigenvalue weighted by Crippen LogP contribution is -2.45. The number of esters is 2. The first-order chi connectivity index (χ1) is 15.3. The number of carbonyl (C=O) groups excluding carboxylic acids is 2. The van der Waals surface area contributed by atoms with Crippen molar-refractivity contribution in [3.05, 3.63) is 71.8 Å². The van der Waals surface area contributed by atoms with E-state index >= 15 is 0 Å². The number of hydrogen-bond acceptors (Lipinski definition) is 8. The second-order valence-electron chi connectivity index (χ2n) is 7.58. The highest BCUT2D eigenvalue weighted by Crippen LogP contribution is 2.24. The number of benzene rings is 2. The highest BCUT2D eigenvalue weighted by Gasteiger charge is 2.37. The fourth-order valence-electron chi connectivity index (χ4n) is 3.15. The molecular formula is C24H32N2O6. The van der Waals surface area contributed by atoms with E-state index in [1.807, 2.05) is 26.0 Å². The molecule has 0 aliphatic heterocycles. The molecule has 0 saturated carbocycles. The quantitative estimate of drug-likeness (QED) is 0.385. The molecule has 4 unspecified atom stereocenters. The molecule has 2 rings (SSSR count). The fourth-order valence-corrected chi connectivity index (χ4v) is 3.15. The Bertz CT molecular complexity index is 777. The minimum atomic E-state index is -2.10. The largest absolute Gasteiger partial charge is 0.454 e. The molecule has 0 radical (unpaired) electrons. The molecule has 0 amide bonds. The molecule has 0 bridgehead atoms. The minimum Gasteiger partial charge on any atom is -0.454 e. The number of aliphatic hydroxyl groups excluding tert-OH is 2. The summed E-state index contributed by atoms with van der Waals surface area (Å²) in [5.41, 5.74) is 1.41. The van der Waals surface area contributed by atoms with Crippen LogP contribution in [0.25, 0.3) is 0 Å². The molecule has 8 nitrogen and oxygen atoms in total. The summed E-state index contributed by atoms with van der Waals surface area (Å²) < 4.78 is 10.9. The Morgan fingerprint density at radius 3 is 1.28 bits per heavy atom. The predicted molar refractivity (Wildman–Crippen MR) is 120 cm³/mol. The van der Waals surface area contributed by atoms with Crippen LogP contribution in [-0.4, -0.2) is 60.5 Å². The van der Waals surface area contributed by atoms with Crippen molar-refractivity contribution in [3.8, 4) is 0 Å². The summed E-state index contributed by atoms with van der Waals surface area (Å²) in [4.78, 5) is 25.1. The van der Waals surface area contributed by atoms with Crippen molar-refractivity contribution in [1.82, 2.24) is 10.6 Å². The van der Waals surface area contributed by atoms with Crippen molar-refractivity contribution in [2.75, 3.05) is 14.1 Å². The van der Waals surface area contributed by atoms with Gasteiger partial charge in [-0.25, -0.2) is 9.59 Å². The maximum Gasteiger partial charge on any atom is 0.339 e. The van der Waals surface area contributed by atoms with Crippen LogP contribution >= 0.6 is 0 Å². The van der Waals surface area contributed by atoms with E-state index in [9.17, 15) is 19.8 Å². The Hall–Kier alpha value is -2.78. The van der Waals surface area contributed by atoms with Crippen molar-refractivity contribution < 1.29 is 29.3 Å². The number of ether oxygens (including phenoxy) is 2. The van der Waals surface area contributed by atoms with Gasteiger partial charge in [0.1, 0.15) is 12.2 Å². The fraction of sp³-hybridized carbons (Fsp3) is 0.417. The average molecular weight is 445 g/mol. The Morgan fingerprint density at radius 1 is 0.688 bits per heavy atom. The van der Waals surface area contributed by atoms with Gasteiger partial charge in [-0.2, -0.15) is 0 Å². The number of hydrogen-bond donors (Lipinski definition) is 4. The van der Waals surface area contributed by atoms with E-state index < -0.39 is 36.4 Å². The van der Waals surface area contributed by atoms with Gasteiger partial charge in [0.15, 0.2) is 12.2 Å². The molecular weight excluding hydrogens is 412 g/mol. The molecule has 0 fully saturated rings.